The van der Waals surface area contributed by atoms with E-state index in [2.05, 4.69) is 30.6 Å². The van der Waals surface area contributed by atoms with Crippen molar-refractivity contribution in [1.29, 1.82) is 0 Å². The molecule has 1 aromatic rings. The van der Waals surface area contributed by atoms with E-state index >= 15 is 0 Å². The topological polar surface area (TPSA) is 58.6 Å². The van der Waals surface area contributed by atoms with Gasteiger partial charge in [0.15, 0.2) is 10.7 Å². The summed E-state index contributed by atoms with van der Waals surface area (Å²) in [6.45, 7) is 0.307. The summed E-state index contributed by atoms with van der Waals surface area (Å²) in [5.74, 6) is 0.149. The molecule has 7 heteroatoms. The van der Waals surface area contributed by atoms with E-state index in [9.17, 15) is 9.59 Å². The quantitative estimate of drug-likeness (QED) is 0.719. The van der Waals surface area contributed by atoms with Gasteiger partial charge in [0.25, 0.3) is 11.8 Å². The lowest BCUT2D eigenvalue weighted by atomic mass is 10.2. The van der Waals surface area contributed by atoms with Crippen molar-refractivity contribution in [3.05, 3.63) is 29.8 Å². The average Bonchev–Trinajstić information content (AvgIpc) is 2.42. The van der Waals surface area contributed by atoms with Crippen molar-refractivity contribution in [3.63, 3.8) is 0 Å². The van der Waals surface area contributed by atoms with E-state index in [-0.39, 0.29) is 11.8 Å². The van der Waals surface area contributed by atoms with Crippen LogP contribution in [0.15, 0.2) is 24.3 Å². The van der Waals surface area contributed by atoms with Crippen LogP contribution in [0.4, 0.5) is 0 Å². The first-order valence-electron chi connectivity index (χ1n) is 5.63. The van der Waals surface area contributed by atoms with E-state index in [1.54, 1.807) is 19.2 Å². The monoisotopic (exact) mass is 298 g/mol. The highest BCUT2D eigenvalue weighted by Gasteiger charge is 2.36. The van der Waals surface area contributed by atoms with E-state index in [4.69, 9.17) is 4.74 Å². The van der Waals surface area contributed by atoms with Gasteiger partial charge in [-0.1, -0.05) is 12.1 Å². The zero-order valence-electron chi connectivity index (χ0n) is 10.2. The standard InChI is InChI=1S/C12H14N2O3S2/c1-17-8-4-2-7(3-5-8)6-14-11(16)10(18)13-9(15)12(14)19/h2-5,10,12,18-19H,6H2,1H3,(H,13,15). The van der Waals surface area contributed by atoms with Crippen molar-refractivity contribution < 1.29 is 14.3 Å². The van der Waals surface area contributed by atoms with Crippen molar-refractivity contribution in [3.8, 4) is 5.75 Å². The lowest BCUT2D eigenvalue weighted by Gasteiger charge is -2.35. The molecule has 2 rings (SSSR count). The molecule has 1 saturated heterocycles. The average molecular weight is 298 g/mol. The molecule has 0 saturated carbocycles. The molecule has 1 N–H and O–H groups in total. The Kier molecular flexibility index (Phi) is 4.26. The van der Waals surface area contributed by atoms with E-state index < -0.39 is 10.7 Å². The van der Waals surface area contributed by atoms with E-state index in [0.29, 0.717) is 6.54 Å². The summed E-state index contributed by atoms with van der Waals surface area (Å²) in [6, 6.07) is 7.28. The normalized spacial score (nSPS) is 23.2. The van der Waals surface area contributed by atoms with Crippen LogP contribution in [0.3, 0.4) is 0 Å². The minimum absolute atomic E-state index is 0.265. The lowest BCUT2D eigenvalue weighted by Crippen LogP contribution is -2.59. The van der Waals surface area contributed by atoms with Crippen molar-refractivity contribution in [2.75, 3.05) is 7.11 Å². The summed E-state index contributed by atoms with van der Waals surface area (Å²) in [4.78, 5) is 25.0. The SMILES string of the molecule is COc1ccc(CN2C(=O)C(S)NC(=O)C2S)cc1. The molecule has 1 fully saturated rings. The second kappa shape index (κ2) is 5.75. The molecule has 0 aliphatic carbocycles. The Labute approximate surface area is 122 Å². The molecule has 1 heterocycles. The minimum Gasteiger partial charge on any atom is -0.497 e. The Balaban J connectivity index is 2.15. The maximum atomic E-state index is 12.0. The molecule has 0 spiro atoms. The number of ether oxygens (including phenoxy) is 1. The molecule has 19 heavy (non-hydrogen) atoms. The number of nitrogens with one attached hydrogen (secondary N) is 1. The van der Waals surface area contributed by atoms with Crippen molar-refractivity contribution in [2.24, 2.45) is 0 Å². The molecule has 1 aromatic carbocycles. The van der Waals surface area contributed by atoms with Crippen LogP contribution in [0.5, 0.6) is 5.75 Å². The van der Waals surface area contributed by atoms with E-state index in [1.165, 1.54) is 4.90 Å². The number of benzene rings is 1. The first-order valence-corrected chi connectivity index (χ1v) is 6.66. The molecular weight excluding hydrogens is 284 g/mol. The van der Waals surface area contributed by atoms with Gasteiger partial charge in [-0.2, -0.15) is 0 Å². The first-order chi connectivity index (χ1) is 9.02. The molecule has 1 aliphatic heterocycles. The van der Waals surface area contributed by atoms with Crippen LogP contribution >= 0.6 is 25.3 Å². The second-order valence-electron chi connectivity index (χ2n) is 4.10. The highest BCUT2D eigenvalue weighted by atomic mass is 32.1. The zero-order chi connectivity index (χ0) is 14.0. The Morgan fingerprint density at radius 3 is 2.47 bits per heavy atom. The van der Waals surface area contributed by atoms with Gasteiger partial charge in [0.2, 0.25) is 0 Å². The van der Waals surface area contributed by atoms with Crippen LogP contribution in [0, 0.1) is 0 Å². The van der Waals surface area contributed by atoms with E-state index in [1.807, 2.05) is 12.1 Å². The molecular formula is C12H14N2O3S2. The first kappa shape index (κ1) is 14.1. The summed E-state index contributed by atoms with van der Waals surface area (Å²) in [5.41, 5.74) is 0.892. The molecule has 2 atom stereocenters. The van der Waals surface area contributed by atoms with Crippen LogP contribution in [0.1, 0.15) is 5.56 Å². The predicted molar refractivity (Wildman–Crippen MR) is 77.2 cm³/mol. The Hall–Kier alpha value is -1.34. The summed E-state index contributed by atoms with van der Waals surface area (Å²) >= 11 is 8.19. The molecule has 0 bridgehead atoms. The zero-order valence-corrected chi connectivity index (χ0v) is 12.0. The molecule has 0 radical (unpaired) electrons. The summed E-state index contributed by atoms with van der Waals surface area (Å²) < 4.78 is 5.06. The van der Waals surface area contributed by atoms with E-state index in [0.717, 1.165) is 11.3 Å². The van der Waals surface area contributed by atoms with Gasteiger partial charge in [0.1, 0.15) is 5.75 Å². The number of nitrogens with zero attached hydrogens (tertiary/aromatic N) is 1. The van der Waals surface area contributed by atoms with Crippen LogP contribution in [-0.2, 0) is 16.1 Å². The van der Waals surface area contributed by atoms with Crippen LogP contribution in [-0.4, -0.2) is 34.6 Å². The number of thiol groups is 2. The molecule has 1 aliphatic rings. The molecule has 102 valence electrons. The Morgan fingerprint density at radius 1 is 1.26 bits per heavy atom. The van der Waals surface area contributed by atoms with Crippen LogP contribution in [0.25, 0.3) is 0 Å². The Morgan fingerprint density at radius 2 is 1.89 bits per heavy atom. The van der Waals surface area contributed by atoms with Gasteiger partial charge in [0, 0.05) is 6.54 Å². The van der Waals surface area contributed by atoms with Crippen LogP contribution in [0.2, 0.25) is 0 Å². The lowest BCUT2D eigenvalue weighted by molar-refractivity contribution is -0.143. The predicted octanol–water partition coefficient (Wildman–Crippen LogP) is 0.665. The highest BCUT2D eigenvalue weighted by Crippen LogP contribution is 2.19. The van der Waals surface area contributed by atoms with Crippen molar-refractivity contribution in [1.82, 2.24) is 10.2 Å². The number of rotatable bonds is 3. The number of piperazine rings is 1. The fourth-order valence-corrected chi connectivity index (χ4v) is 2.33. The molecule has 0 aromatic heterocycles. The third-order valence-corrected chi connectivity index (χ3v) is 3.70. The third-order valence-electron chi connectivity index (χ3n) is 2.84. The maximum absolute atomic E-state index is 12.0. The number of carbonyl (C=O) groups is 2. The largest absolute Gasteiger partial charge is 0.497 e. The van der Waals surface area contributed by atoms with Gasteiger partial charge >= 0.3 is 0 Å². The maximum Gasteiger partial charge on any atom is 0.257 e. The summed E-state index contributed by atoms with van der Waals surface area (Å²) in [6.07, 6.45) is 0. The number of methoxy groups -OCH3 is 1. The Bertz CT molecular complexity index is 492. The van der Waals surface area contributed by atoms with Crippen LogP contribution < -0.4 is 10.1 Å². The highest BCUT2D eigenvalue weighted by molar-refractivity contribution is 7.82. The van der Waals surface area contributed by atoms with Crippen molar-refractivity contribution >= 4 is 37.1 Å². The number of hydrogen-bond donors (Lipinski definition) is 3. The minimum atomic E-state index is -0.811. The molecule has 5 nitrogen and oxygen atoms in total. The number of amides is 2. The summed E-state index contributed by atoms with van der Waals surface area (Å²) in [5, 5.41) is 0.846. The third kappa shape index (κ3) is 2.98. The second-order valence-corrected chi connectivity index (χ2v) is 5.10. The smallest absolute Gasteiger partial charge is 0.257 e. The fraction of sp³-hybridized carbons (Fsp3) is 0.333. The van der Waals surface area contributed by atoms with Gasteiger partial charge in [-0.15, -0.1) is 25.3 Å². The van der Waals surface area contributed by atoms with Gasteiger partial charge in [-0.3, -0.25) is 9.59 Å². The van der Waals surface area contributed by atoms with Crippen molar-refractivity contribution in [2.45, 2.75) is 17.3 Å². The van der Waals surface area contributed by atoms with Gasteiger partial charge in [-0.05, 0) is 17.7 Å². The number of hydrogen-bond acceptors (Lipinski definition) is 5. The molecule has 2 unspecified atom stereocenters. The molecule has 2 amide bonds. The van der Waals surface area contributed by atoms with Gasteiger partial charge < -0.3 is 15.0 Å². The number of carbonyl (C=O) groups excluding carboxylic acids is 2. The van der Waals surface area contributed by atoms with Gasteiger partial charge in [0.05, 0.1) is 7.11 Å². The fourth-order valence-electron chi connectivity index (χ4n) is 1.78. The van der Waals surface area contributed by atoms with Gasteiger partial charge in [-0.25, -0.2) is 0 Å². The summed E-state index contributed by atoms with van der Waals surface area (Å²) in [7, 11) is 1.59.